The van der Waals surface area contributed by atoms with Crippen molar-refractivity contribution in [2.75, 3.05) is 5.32 Å². The van der Waals surface area contributed by atoms with Gasteiger partial charge >= 0.3 is 12.2 Å². The monoisotopic (exact) mass is 443 g/mol. The Morgan fingerprint density at radius 1 is 1.10 bits per heavy atom. The molecule has 5 nitrogen and oxygen atoms in total. The molecule has 0 spiro atoms. The van der Waals surface area contributed by atoms with E-state index >= 15 is 0 Å². The van der Waals surface area contributed by atoms with Crippen LogP contribution >= 0.6 is 23.2 Å². The number of anilines is 1. The van der Waals surface area contributed by atoms with Crippen LogP contribution in [0.1, 0.15) is 24.1 Å². The zero-order chi connectivity index (χ0) is 21.3. The van der Waals surface area contributed by atoms with Crippen molar-refractivity contribution >= 4 is 40.8 Å². The van der Waals surface area contributed by atoms with E-state index in [1.165, 1.54) is 31.2 Å². The fraction of sp³-hybridized carbons (Fsp3) is 0.158. The van der Waals surface area contributed by atoms with Crippen LogP contribution in [0.5, 0.6) is 0 Å². The maximum absolute atomic E-state index is 12.9. The van der Waals surface area contributed by atoms with Gasteiger partial charge in [0, 0.05) is 11.4 Å². The van der Waals surface area contributed by atoms with Gasteiger partial charge in [0.1, 0.15) is 0 Å². The maximum Gasteiger partial charge on any atom is 0.416 e. The smallest absolute Gasteiger partial charge is 0.327 e. The van der Waals surface area contributed by atoms with E-state index < -0.39 is 29.7 Å². The first-order valence-corrected chi connectivity index (χ1v) is 9.03. The molecule has 0 bridgehead atoms. The molecule has 1 aliphatic heterocycles. The van der Waals surface area contributed by atoms with E-state index in [-0.39, 0.29) is 22.0 Å². The Hall–Kier alpha value is -2.71. The lowest BCUT2D eigenvalue weighted by Gasteiger charge is -2.29. The number of carbonyl (C=O) groups excluding carboxylic acids is 2. The molecule has 10 heteroatoms. The summed E-state index contributed by atoms with van der Waals surface area (Å²) in [7, 11) is 0. The Kier molecular flexibility index (Phi) is 5.77. The number of allylic oxidation sites excluding steroid dienone is 1. The van der Waals surface area contributed by atoms with Gasteiger partial charge in [0.2, 0.25) is 0 Å². The number of carbonyl (C=O) groups is 2. The molecule has 0 saturated heterocycles. The van der Waals surface area contributed by atoms with Gasteiger partial charge in [-0.15, -0.1) is 0 Å². The average molecular weight is 444 g/mol. The van der Waals surface area contributed by atoms with Crippen LogP contribution in [-0.2, 0) is 11.0 Å². The minimum absolute atomic E-state index is 0.0325. The van der Waals surface area contributed by atoms with E-state index in [9.17, 15) is 22.8 Å². The molecule has 0 fully saturated rings. The van der Waals surface area contributed by atoms with Crippen molar-refractivity contribution in [3.05, 3.63) is 74.9 Å². The highest BCUT2D eigenvalue weighted by molar-refractivity contribution is 6.42. The molecule has 0 aromatic heterocycles. The molecule has 1 atom stereocenters. The van der Waals surface area contributed by atoms with Crippen LogP contribution in [0.2, 0.25) is 10.0 Å². The molecule has 0 radical (unpaired) electrons. The minimum atomic E-state index is -4.54. The summed E-state index contributed by atoms with van der Waals surface area (Å²) in [6, 6.07) is 7.48. The van der Waals surface area contributed by atoms with Crippen LogP contribution in [0.4, 0.5) is 23.7 Å². The van der Waals surface area contributed by atoms with Crippen LogP contribution in [-0.4, -0.2) is 11.9 Å². The highest BCUT2D eigenvalue weighted by Crippen LogP contribution is 2.33. The van der Waals surface area contributed by atoms with Gasteiger partial charge in [0.05, 0.1) is 27.2 Å². The van der Waals surface area contributed by atoms with Crippen molar-refractivity contribution in [3.63, 3.8) is 0 Å². The van der Waals surface area contributed by atoms with Gasteiger partial charge < -0.3 is 16.0 Å². The molecule has 2 aromatic carbocycles. The molecule has 0 aliphatic carbocycles. The lowest BCUT2D eigenvalue weighted by atomic mass is 9.95. The maximum atomic E-state index is 12.9. The molecule has 1 aliphatic rings. The number of nitrogens with one attached hydrogen (secondary N) is 3. The van der Waals surface area contributed by atoms with E-state index in [0.29, 0.717) is 10.6 Å². The molecule has 0 saturated carbocycles. The molecule has 3 rings (SSSR count). The summed E-state index contributed by atoms with van der Waals surface area (Å²) in [5.41, 5.74) is -0.0514. The zero-order valence-corrected chi connectivity index (χ0v) is 16.3. The quantitative estimate of drug-likeness (QED) is 0.603. The number of hydrogen-bond acceptors (Lipinski definition) is 2. The predicted octanol–water partition coefficient (Wildman–Crippen LogP) is 5.28. The fourth-order valence-corrected chi connectivity index (χ4v) is 3.22. The number of alkyl halides is 3. The topological polar surface area (TPSA) is 70.2 Å². The Balaban J connectivity index is 1.95. The Morgan fingerprint density at radius 2 is 1.83 bits per heavy atom. The predicted molar refractivity (Wildman–Crippen MR) is 104 cm³/mol. The van der Waals surface area contributed by atoms with Gasteiger partial charge in [-0.2, -0.15) is 13.2 Å². The summed E-state index contributed by atoms with van der Waals surface area (Å²) in [6.07, 6.45) is -4.54. The SMILES string of the molecule is CC1=C(C(=O)Nc2cccc(C(F)(F)F)c2)[C@H](c2ccc(Cl)c(Cl)c2)NC(=O)N1. The van der Waals surface area contributed by atoms with Crippen molar-refractivity contribution in [1.82, 2.24) is 10.6 Å². The zero-order valence-electron chi connectivity index (χ0n) is 14.8. The van der Waals surface area contributed by atoms with Crippen molar-refractivity contribution in [2.24, 2.45) is 0 Å². The van der Waals surface area contributed by atoms with Crippen LogP contribution in [0.15, 0.2) is 53.7 Å². The first-order chi connectivity index (χ1) is 13.6. The van der Waals surface area contributed by atoms with Crippen LogP contribution in [0, 0.1) is 0 Å². The lowest BCUT2D eigenvalue weighted by molar-refractivity contribution is -0.137. The number of benzene rings is 2. The second-order valence-electron chi connectivity index (χ2n) is 6.28. The van der Waals surface area contributed by atoms with E-state index in [1.54, 1.807) is 6.07 Å². The van der Waals surface area contributed by atoms with Crippen molar-refractivity contribution in [2.45, 2.75) is 19.1 Å². The largest absolute Gasteiger partial charge is 0.416 e. The average Bonchev–Trinajstić information content (AvgIpc) is 2.62. The highest BCUT2D eigenvalue weighted by Gasteiger charge is 2.33. The first-order valence-electron chi connectivity index (χ1n) is 8.28. The molecule has 29 heavy (non-hydrogen) atoms. The van der Waals surface area contributed by atoms with Gasteiger partial charge in [-0.3, -0.25) is 4.79 Å². The molecule has 1 heterocycles. The van der Waals surface area contributed by atoms with Gasteiger partial charge in [-0.05, 0) is 42.8 Å². The van der Waals surface area contributed by atoms with E-state index in [4.69, 9.17) is 23.2 Å². The summed E-state index contributed by atoms with van der Waals surface area (Å²) >= 11 is 12.0. The van der Waals surface area contributed by atoms with Crippen molar-refractivity contribution < 1.29 is 22.8 Å². The van der Waals surface area contributed by atoms with E-state index in [1.807, 2.05) is 0 Å². The van der Waals surface area contributed by atoms with Crippen molar-refractivity contribution in [1.29, 1.82) is 0 Å². The number of hydrogen-bond donors (Lipinski definition) is 3. The van der Waals surface area contributed by atoms with E-state index in [2.05, 4.69) is 16.0 Å². The standard InChI is InChI=1S/C19H14Cl2F3N3O2/c1-9-15(17(28)26-12-4-2-3-11(8-12)19(22,23)24)16(27-18(29)25-9)10-5-6-13(20)14(21)7-10/h2-8,16H,1H3,(H,26,28)(H2,25,27,29)/t16-/m0/s1. The Morgan fingerprint density at radius 3 is 2.48 bits per heavy atom. The van der Waals surface area contributed by atoms with Gasteiger partial charge in [0.25, 0.3) is 5.91 Å². The first kappa shape index (κ1) is 21.0. The van der Waals surface area contributed by atoms with Gasteiger partial charge in [0.15, 0.2) is 0 Å². The molecule has 3 amide bonds. The third-order valence-corrected chi connectivity index (χ3v) is 4.98. The van der Waals surface area contributed by atoms with Crippen LogP contribution < -0.4 is 16.0 Å². The van der Waals surface area contributed by atoms with Crippen LogP contribution in [0.25, 0.3) is 0 Å². The second kappa shape index (κ2) is 7.96. The number of amides is 3. The third-order valence-electron chi connectivity index (χ3n) is 4.24. The molecule has 3 N–H and O–H groups in total. The highest BCUT2D eigenvalue weighted by atomic mass is 35.5. The molecular formula is C19H14Cl2F3N3O2. The molecular weight excluding hydrogens is 430 g/mol. The Labute approximate surface area is 173 Å². The molecule has 152 valence electrons. The van der Waals surface area contributed by atoms with E-state index in [0.717, 1.165) is 12.1 Å². The Bertz CT molecular complexity index is 1020. The summed E-state index contributed by atoms with van der Waals surface area (Å²) in [6.45, 7) is 1.52. The van der Waals surface area contributed by atoms with Gasteiger partial charge in [-0.1, -0.05) is 35.3 Å². The minimum Gasteiger partial charge on any atom is -0.327 e. The summed E-state index contributed by atoms with van der Waals surface area (Å²) < 4.78 is 38.7. The number of urea groups is 1. The lowest BCUT2D eigenvalue weighted by Crippen LogP contribution is -2.46. The van der Waals surface area contributed by atoms with Crippen molar-refractivity contribution in [3.8, 4) is 0 Å². The normalized spacial score (nSPS) is 16.9. The molecule has 2 aromatic rings. The van der Waals surface area contributed by atoms with Gasteiger partial charge in [-0.25, -0.2) is 4.79 Å². The third kappa shape index (κ3) is 4.65. The molecule has 0 unspecified atom stereocenters. The number of rotatable bonds is 3. The summed E-state index contributed by atoms with van der Waals surface area (Å²) in [4.78, 5) is 24.8. The number of halogens is 5. The summed E-state index contributed by atoms with van der Waals surface area (Å²) in [5, 5.41) is 8.07. The van der Waals surface area contributed by atoms with Crippen LogP contribution in [0.3, 0.4) is 0 Å². The fourth-order valence-electron chi connectivity index (χ4n) is 2.91. The second-order valence-corrected chi connectivity index (χ2v) is 7.09. The summed E-state index contributed by atoms with van der Waals surface area (Å²) in [5.74, 6) is -0.676.